The molecule has 0 fully saturated rings. The Balaban J connectivity index is 1.44. The molecule has 2 amide bonds. The minimum absolute atomic E-state index is 0.195. The summed E-state index contributed by atoms with van der Waals surface area (Å²) in [5.41, 5.74) is 7.69. The van der Waals surface area contributed by atoms with E-state index in [1.165, 1.54) is 22.3 Å². The van der Waals surface area contributed by atoms with Gasteiger partial charge < -0.3 is 15.8 Å². The molecule has 0 saturated heterocycles. The van der Waals surface area contributed by atoms with E-state index in [-0.39, 0.29) is 12.5 Å². The Hall–Kier alpha value is -3.27. The summed E-state index contributed by atoms with van der Waals surface area (Å²) < 4.78 is 7.06. The Labute approximate surface area is 164 Å². The SMILES string of the molecule is NC(=O)c1c(NC(=O)COc2cccc(-n3cnnn3)c2)sc2c1CCCC2. The molecule has 3 N–H and O–H groups in total. The first-order valence-electron chi connectivity index (χ1n) is 8.82. The second-order valence-corrected chi connectivity index (χ2v) is 7.47. The van der Waals surface area contributed by atoms with Crippen molar-refractivity contribution in [3.63, 3.8) is 0 Å². The number of thiophene rings is 1. The average Bonchev–Trinajstić information content (AvgIpc) is 3.34. The number of anilines is 1. The Bertz CT molecular complexity index is 1010. The zero-order valence-corrected chi connectivity index (χ0v) is 15.7. The Kier molecular flexibility index (Phi) is 5.02. The summed E-state index contributed by atoms with van der Waals surface area (Å²) in [6, 6.07) is 7.06. The molecular weight excluding hydrogens is 380 g/mol. The molecule has 10 heteroatoms. The number of carbonyl (C=O) groups is 2. The monoisotopic (exact) mass is 398 g/mol. The molecule has 0 unspecified atom stereocenters. The number of fused-ring (bicyclic) bond motifs is 1. The third-order valence-electron chi connectivity index (χ3n) is 4.47. The third-order valence-corrected chi connectivity index (χ3v) is 5.68. The molecule has 0 atom stereocenters. The number of aromatic nitrogens is 4. The van der Waals surface area contributed by atoms with Crippen molar-refractivity contribution in [3.05, 3.63) is 46.6 Å². The van der Waals surface area contributed by atoms with Crippen LogP contribution >= 0.6 is 11.3 Å². The second kappa shape index (κ2) is 7.77. The molecule has 144 valence electrons. The number of amides is 2. The van der Waals surface area contributed by atoms with E-state index in [1.54, 1.807) is 18.2 Å². The zero-order chi connectivity index (χ0) is 19.5. The summed E-state index contributed by atoms with van der Waals surface area (Å²) in [5, 5.41) is 14.3. The number of tetrazole rings is 1. The van der Waals surface area contributed by atoms with Crippen molar-refractivity contribution in [1.82, 2.24) is 20.2 Å². The van der Waals surface area contributed by atoms with Crippen LogP contribution in [0.5, 0.6) is 5.75 Å². The maximum Gasteiger partial charge on any atom is 0.262 e. The standard InChI is InChI=1S/C18H18N6O3S/c19-17(26)16-13-6-1-2-7-14(13)28-18(16)21-15(25)9-27-12-5-3-4-11(8-12)24-10-20-22-23-24/h3-5,8,10H,1-2,6-7,9H2,(H2,19,26)(H,21,25). The maximum atomic E-state index is 12.4. The van der Waals surface area contributed by atoms with E-state index >= 15 is 0 Å². The molecule has 0 radical (unpaired) electrons. The average molecular weight is 398 g/mol. The van der Waals surface area contributed by atoms with Gasteiger partial charge in [0.2, 0.25) is 0 Å². The molecule has 0 saturated carbocycles. The summed E-state index contributed by atoms with van der Waals surface area (Å²) in [7, 11) is 0. The number of benzene rings is 1. The zero-order valence-electron chi connectivity index (χ0n) is 14.9. The van der Waals surface area contributed by atoms with Crippen LogP contribution in [0.3, 0.4) is 0 Å². The number of primary amides is 1. The van der Waals surface area contributed by atoms with E-state index in [9.17, 15) is 9.59 Å². The van der Waals surface area contributed by atoms with Gasteiger partial charge in [0.05, 0.1) is 11.3 Å². The van der Waals surface area contributed by atoms with Gasteiger partial charge in [-0.3, -0.25) is 9.59 Å². The topological polar surface area (TPSA) is 125 Å². The van der Waals surface area contributed by atoms with Gasteiger partial charge in [0.1, 0.15) is 17.1 Å². The highest BCUT2D eigenvalue weighted by atomic mass is 32.1. The second-order valence-electron chi connectivity index (χ2n) is 6.37. The molecule has 0 spiro atoms. The number of ether oxygens (including phenoxy) is 1. The van der Waals surface area contributed by atoms with E-state index < -0.39 is 5.91 Å². The molecule has 2 heterocycles. The van der Waals surface area contributed by atoms with Crippen LogP contribution in [0.25, 0.3) is 5.69 Å². The lowest BCUT2D eigenvalue weighted by atomic mass is 9.95. The predicted molar refractivity (Wildman–Crippen MR) is 103 cm³/mol. The summed E-state index contributed by atoms with van der Waals surface area (Å²) in [4.78, 5) is 25.4. The van der Waals surface area contributed by atoms with Crippen LogP contribution in [0.1, 0.15) is 33.6 Å². The number of aryl methyl sites for hydroxylation is 1. The molecule has 3 aromatic rings. The molecule has 0 bridgehead atoms. The minimum Gasteiger partial charge on any atom is -0.484 e. The van der Waals surface area contributed by atoms with E-state index in [1.807, 2.05) is 6.07 Å². The molecule has 28 heavy (non-hydrogen) atoms. The smallest absolute Gasteiger partial charge is 0.262 e. The first kappa shape index (κ1) is 18.1. The molecule has 2 aromatic heterocycles. The van der Waals surface area contributed by atoms with Gasteiger partial charge in [-0.25, -0.2) is 4.68 Å². The first-order valence-corrected chi connectivity index (χ1v) is 9.64. The van der Waals surface area contributed by atoms with Crippen molar-refractivity contribution in [1.29, 1.82) is 0 Å². The van der Waals surface area contributed by atoms with E-state index in [2.05, 4.69) is 20.8 Å². The Morgan fingerprint density at radius 2 is 2.14 bits per heavy atom. The van der Waals surface area contributed by atoms with Gasteiger partial charge in [0.15, 0.2) is 6.61 Å². The van der Waals surface area contributed by atoms with Crippen LogP contribution in [-0.4, -0.2) is 38.6 Å². The van der Waals surface area contributed by atoms with Gasteiger partial charge in [-0.05, 0) is 53.8 Å². The fourth-order valence-electron chi connectivity index (χ4n) is 3.22. The normalized spacial score (nSPS) is 13.0. The van der Waals surface area contributed by atoms with Crippen molar-refractivity contribution >= 4 is 28.2 Å². The van der Waals surface area contributed by atoms with E-state index in [4.69, 9.17) is 10.5 Å². The van der Waals surface area contributed by atoms with Crippen molar-refractivity contribution in [2.45, 2.75) is 25.7 Å². The highest BCUT2D eigenvalue weighted by molar-refractivity contribution is 7.17. The highest BCUT2D eigenvalue weighted by Crippen LogP contribution is 2.37. The minimum atomic E-state index is -0.509. The van der Waals surface area contributed by atoms with E-state index in [0.717, 1.165) is 36.1 Å². The number of hydrogen-bond donors (Lipinski definition) is 2. The molecule has 4 rings (SSSR count). The maximum absolute atomic E-state index is 12.4. The van der Waals surface area contributed by atoms with Crippen LogP contribution in [-0.2, 0) is 17.6 Å². The lowest BCUT2D eigenvalue weighted by Crippen LogP contribution is -2.22. The Morgan fingerprint density at radius 1 is 1.29 bits per heavy atom. The molecular formula is C18H18N6O3S. The number of nitrogens with one attached hydrogen (secondary N) is 1. The van der Waals surface area contributed by atoms with Gasteiger partial charge >= 0.3 is 0 Å². The molecule has 1 aromatic carbocycles. The summed E-state index contributed by atoms with van der Waals surface area (Å²) in [6.45, 7) is -0.195. The number of nitrogens with zero attached hydrogens (tertiary/aromatic N) is 4. The van der Waals surface area contributed by atoms with Crippen LogP contribution in [0.4, 0.5) is 5.00 Å². The van der Waals surface area contributed by atoms with Crippen LogP contribution in [0.2, 0.25) is 0 Å². The van der Waals surface area contributed by atoms with Gasteiger partial charge in [-0.1, -0.05) is 6.07 Å². The quantitative estimate of drug-likeness (QED) is 0.651. The summed E-state index contributed by atoms with van der Waals surface area (Å²) in [6.07, 6.45) is 5.31. The predicted octanol–water partition coefficient (Wildman–Crippen LogP) is 1.72. The first-order chi connectivity index (χ1) is 13.6. The van der Waals surface area contributed by atoms with Crippen molar-refractivity contribution in [2.24, 2.45) is 5.73 Å². The van der Waals surface area contributed by atoms with Gasteiger partial charge in [0.25, 0.3) is 11.8 Å². The van der Waals surface area contributed by atoms with Gasteiger partial charge in [-0.15, -0.1) is 16.4 Å². The van der Waals surface area contributed by atoms with Gasteiger partial charge in [-0.2, -0.15) is 0 Å². The van der Waals surface area contributed by atoms with Crippen molar-refractivity contribution < 1.29 is 14.3 Å². The largest absolute Gasteiger partial charge is 0.484 e. The lowest BCUT2D eigenvalue weighted by molar-refractivity contribution is -0.118. The van der Waals surface area contributed by atoms with Crippen molar-refractivity contribution in [3.8, 4) is 11.4 Å². The van der Waals surface area contributed by atoms with Crippen molar-refractivity contribution in [2.75, 3.05) is 11.9 Å². The van der Waals surface area contributed by atoms with Crippen LogP contribution in [0.15, 0.2) is 30.6 Å². The van der Waals surface area contributed by atoms with Crippen LogP contribution in [0, 0.1) is 0 Å². The third kappa shape index (κ3) is 3.72. The lowest BCUT2D eigenvalue weighted by Gasteiger charge is -2.11. The number of nitrogens with two attached hydrogens (primary N) is 1. The molecule has 0 aliphatic heterocycles. The highest BCUT2D eigenvalue weighted by Gasteiger charge is 2.25. The fraction of sp³-hybridized carbons (Fsp3) is 0.278. The molecule has 9 nitrogen and oxygen atoms in total. The van der Waals surface area contributed by atoms with E-state index in [0.29, 0.717) is 22.0 Å². The molecule has 1 aliphatic rings. The fourth-order valence-corrected chi connectivity index (χ4v) is 4.53. The molecule has 1 aliphatic carbocycles. The van der Waals surface area contributed by atoms with Crippen LogP contribution < -0.4 is 15.8 Å². The Morgan fingerprint density at radius 3 is 2.93 bits per heavy atom. The summed E-state index contributed by atoms with van der Waals surface area (Å²) >= 11 is 1.43. The number of carbonyl (C=O) groups excluding carboxylic acids is 2. The number of rotatable bonds is 6. The van der Waals surface area contributed by atoms with Gasteiger partial charge in [0, 0.05) is 10.9 Å². The number of hydrogen-bond acceptors (Lipinski definition) is 7. The summed E-state index contributed by atoms with van der Waals surface area (Å²) in [5.74, 6) is -0.359.